The molecule has 0 aromatic rings. The lowest BCUT2D eigenvalue weighted by atomic mass is 10.1. The van der Waals surface area contributed by atoms with Crippen LogP contribution in [-0.4, -0.2) is 23.3 Å². The van der Waals surface area contributed by atoms with Crippen molar-refractivity contribution in [2.24, 2.45) is 5.92 Å². The van der Waals surface area contributed by atoms with Crippen LogP contribution in [-0.2, 0) is 9.59 Å². The van der Waals surface area contributed by atoms with Crippen LogP contribution in [0.1, 0.15) is 26.7 Å². The van der Waals surface area contributed by atoms with Gasteiger partial charge in [-0.3, -0.25) is 14.5 Å². The van der Waals surface area contributed by atoms with E-state index >= 15 is 0 Å². The number of hydrogen-bond acceptors (Lipinski definition) is 2. The largest absolute Gasteiger partial charge is 0.282 e. The van der Waals surface area contributed by atoms with Crippen molar-refractivity contribution in [2.45, 2.75) is 26.7 Å². The van der Waals surface area contributed by atoms with Crippen molar-refractivity contribution in [1.82, 2.24) is 4.90 Å². The van der Waals surface area contributed by atoms with Gasteiger partial charge in [0.25, 0.3) is 0 Å². The summed E-state index contributed by atoms with van der Waals surface area (Å²) < 4.78 is 0. The second kappa shape index (κ2) is 3.73. The first-order chi connectivity index (χ1) is 6.02. The molecule has 0 N–H and O–H groups in total. The first-order valence-corrected chi connectivity index (χ1v) is 4.51. The molecule has 0 aromatic carbocycles. The van der Waals surface area contributed by atoms with Gasteiger partial charge in [-0.25, -0.2) is 0 Å². The maximum absolute atomic E-state index is 11.4. The highest BCUT2D eigenvalue weighted by molar-refractivity contribution is 6.03. The lowest BCUT2D eigenvalue weighted by molar-refractivity contribution is -0.139. The van der Waals surface area contributed by atoms with Crippen molar-refractivity contribution in [3.8, 4) is 0 Å². The van der Waals surface area contributed by atoms with Crippen molar-refractivity contribution in [2.75, 3.05) is 6.54 Å². The van der Waals surface area contributed by atoms with Gasteiger partial charge in [0.1, 0.15) is 0 Å². The van der Waals surface area contributed by atoms with Crippen molar-refractivity contribution in [1.29, 1.82) is 0 Å². The van der Waals surface area contributed by atoms with Gasteiger partial charge in [-0.2, -0.15) is 0 Å². The maximum atomic E-state index is 11.4. The van der Waals surface area contributed by atoms with Crippen LogP contribution in [0.15, 0.2) is 12.2 Å². The van der Waals surface area contributed by atoms with E-state index < -0.39 is 0 Å². The number of carbonyl (C=O) groups excluding carboxylic acids is 2. The molecule has 1 aliphatic rings. The van der Waals surface area contributed by atoms with Gasteiger partial charge in [0.2, 0.25) is 11.8 Å². The zero-order chi connectivity index (χ0) is 10.0. The molecule has 0 aliphatic carbocycles. The van der Waals surface area contributed by atoms with Gasteiger partial charge in [-0.15, -0.1) is 6.58 Å². The maximum Gasteiger partial charge on any atom is 0.232 e. The summed E-state index contributed by atoms with van der Waals surface area (Å²) in [5, 5.41) is 0. The van der Waals surface area contributed by atoms with E-state index in [2.05, 4.69) is 6.58 Å². The molecule has 1 aliphatic heterocycles. The SMILES string of the molecule is C=C(C)CCN1C(=O)CC(C)C1=O. The highest BCUT2D eigenvalue weighted by Crippen LogP contribution is 2.19. The molecule has 2 amide bonds. The number of likely N-dealkylation sites (tertiary alicyclic amines) is 1. The molecule has 1 fully saturated rings. The Morgan fingerprint density at radius 2 is 2.23 bits per heavy atom. The fraction of sp³-hybridized carbons (Fsp3) is 0.600. The molecule has 72 valence electrons. The molecule has 0 spiro atoms. The lowest BCUT2D eigenvalue weighted by Gasteiger charge is -2.13. The van der Waals surface area contributed by atoms with Gasteiger partial charge in [-0.1, -0.05) is 12.5 Å². The Morgan fingerprint density at radius 3 is 2.62 bits per heavy atom. The molecule has 1 saturated heterocycles. The summed E-state index contributed by atoms with van der Waals surface area (Å²) in [5.74, 6) is -0.206. The Kier molecular flexibility index (Phi) is 2.86. The standard InChI is InChI=1S/C10H15NO2/c1-7(2)4-5-11-9(12)6-8(3)10(11)13/h8H,1,4-6H2,2-3H3. The van der Waals surface area contributed by atoms with Gasteiger partial charge in [0.05, 0.1) is 0 Å². The molecule has 1 atom stereocenters. The fourth-order valence-electron chi connectivity index (χ4n) is 1.39. The van der Waals surface area contributed by atoms with E-state index in [4.69, 9.17) is 0 Å². The summed E-state index contributed by atoms with van der Waals surface area (Å²) in [6.45, 7) is 7.92. The molecule has 1 rings (SSSR count). The van der Waals surface area contributed by atoms with Crippen molar-refractivity contribution < 1.29 is 9.59 Å². The van der Waals surface area contributed by atoms with Crippen LogP contribution in [0.3, 0.4) is 0 Å². The first kappa shape index (κ1) is 9.96. The summed E-state index contributed by atoms with van der Waals surface area (Å²) in [6, 6.07) is 0. The summed E-state index contributed by atoms with van der Waals surface area (Å²) in [5.41, 5.74) is 1.00. The Balaban J connectivity index is 2.54. The Morgan fingerprint density at radius 1 is 1.62 bits per heavy atom. The van der Waals surface area contributed by atoms with Crippen molar-refractivity contribution in [3.63, 3.8) is 0 Å². The summed E-state index contributed by atoms with van der Waals surface area (Å²) in [6.07, 6.45) is 1.08. The molecule has 0 aromatic heterocycles. The number of nitrogens with zero attached hydrogens (tertiary/aromatic N) is 1. The quantitative estimate of drug-likeness (QED) is 0.487. The normalized spacial score (nSPS) is 22.6. The molecule has 13 heavy (non-hydrogen) atoms. The molecular weight excluding hydrogens is 166 g/mol. The first-order valence-electron chi connectivity index (χ1n) is 4.51. The summed E-state index contributed by atoms with van der Waals surface area (Å²) in [7, 11) is 0. The van der Waals surface area contributed by atoms with E-state index in [9.17, 15) is 9.59 Å². The predicted octanol–water partition coefficient (Wildman–Crippen LogP) is 1.35. The molecule has 3 nitrogen and oxygen atoms in total. The molecule has 1 heterocycles. The van der Waals surface area contributed by atoms with Crippen molar-refractivity contribution >= 4 is 11.8 Å². The second-order valence-corrected chi connectivity index (χ2v) is 3.70. The van der Waals surface area contributed by atoms with E-state index in [1.54, 1.807) is 6.92 Å². The third-order valence-electron chi connectivity index (χ3n) is 2.23. The third-order valence-corrected chi connectivity index (χ3v) is 2.23. The van der Waals surface area contributed by atoms with E-state index in [0.29, 0.717) is 19.4 Å². The van der Waals surface area contributed by atoms with Crippen molar-refractivity contribution in [3.05, 3.63) is 12.2 Å². The zero-order valence-corrected chi connectivity index (χ0v) is 8.17. The zero-order valence-electron chi connectivity index (χ0n) is 8.17. The van der Waals surface area contributed by atoms with Crippen LogP contribution in [0.5, 0.6) is 0 Å². The number of imide groups is 1. The molecular formula is C10H15NO2. The highest BCUT2D eigenvalue weighted by Gasteiger charge is 2.34. The van der Waals surface area contributed by atoms with E-state index in [0.717, 1.165) is 5.57 Å². The van der Waals surface area contributed by atoms with Crippen LogP contribution in [0.4, 0.5) is 0 Å². The van der Waals surface area contributed by atoms with Crippen LogP contribution in [0.25, 0.3) is 0 Å². The molecule has 3 heteroatoms. The van der Waals surface area contributed by atoms with Crippen LogP contribution in [0.2, 0.25) is 0 Å². The average molecular weight is 181 g/mol. The van der Waals surface area contributed by atoms with Crippen LogP contribution >= 0.6 is 0 Å². The summed E-state index contributed by atoms with van der Waals surface area (Å²) >= 11 is 0. The molecule has 0 saturated carbocycles. The minimum atomic E-state index is -0.127. The van der Waals surface area contributed by atoms with Gasteiger partial charge < -0.3 is 0 Å². The monoisotopic (exact) mass is 181 g/mol. The number of rotatable bonds is 3. The molecule has 1 unspecified atom stereocenters. The number of amides is 2. The fourth-order valence-corrected chi connectivity index (χ4v) is 1.39. The number of hydrogen-bond donors (Lipinski definition) is 0. The van der Waals surface area contributed by atoms with Gasteiger partial charge in [-0.05, 0) is 13.3 Å². The predicted molar refractivity (Wildman–Crippen MR) is 49.9 cm³/mol. The second-order valence-electron chi connectivity index (χ2n) is 3.70. The average Bonchev–Trinajstić information content (AvgIpc) is 2.24. The van der Waals surface area contributed by atoms with E-state index in [1.807, 2.05) is 6.92 Å². The third kappa shape index (κ3) is 2.17. The van der Waals surface area contributed by atoms with Crippen LogP contribution in [0, 0.1) is 5.92 Å². The lowest BCUT2D eigenvalue weighted by Crippen LogP contribution is -2.31. The Bertz CT molecular complexity index is 258. The topological polar surface area (TPSA) is 37.4 Å². The van der Waals surface area contributed by atoms with Gasteiger partial charge >= 0.3 is 0 Å². The van der Waals surface area contributed by atoms with Crippen LogP contribution < -0.4 is 0 Å². The summed E-state index contributed by atoms with van der Waals surface area (Å²) in [4.78, 5) is 24.0. The van der Waals surface area contributed by atoms with Gasteiger partial charge in [0.15, 0.2) is 0 Å². The van der Waals surface area contributed by atoms with Gasteiger partial charge in [0, 0.05) is 18.9 Å². The minimum absolute atomic E-state index is 0.0359. The minimum Gasteiger partial charge on any atom is -0.282 e. The molecule has 0 bridgehead atoms. The van der Waals surface area contributed by atoms with E-state index in [1.165, 1.54) is 4.90 Å². The van der Waals surface area contributed by atoms with E-state index in [-0.39, 0.29) is 17.7 Å². The highest BCUT2D eigenvalue weighted by atomic mass is 16.2. The number of carbonyl (C=O) groups is 2. The Labute approximate surface area is 78.4 Å². The molecule has 0 radical (unpaired) electrons. The Hall–Kier alpha value is -1.12. The smallest absolute Gasteiger partial charge is 0.232 e.